The summed E-state index contributed by atoms with van der Waals surface area (Å²) in [5, 5.41) is 3.07. The van der Waals surface area contributed by atoms with Crippen molar-refractivity contribution in [2.75, 3.05) is 39.3 Å². The van der Waals surface area contributed by atoms with Crippen LogP contribution in [0.4, 0.5) is 0 Å². The maximum absolute atomic E-state index is 11.8. The van der Waals surface area contributed by atoms with E-state index >= 15 is 0 Å². The van der Waals surface area contributed by atoms with Gasteiger partial charge in [0.2, 0.25) is 5.91 Å². The number of amides is 1. The van der Waals surface area contributed by atoms with Crippen LogP contribution < -0.4 is 5.32 Å². The second-order valence-electron chi connectivity index (χ2n) is 6.53. The summed E-state index contributed by atoms with van der Waals surface area (Å²) in [7, 11) is 0. The zero-order valence-electron chi connectivity index (χ0n) is 12.5. The monoisotopic (exact) mass is 281 g/mol. The van der Waals surface area contributed by atoms with Crippen molar-refractivity contribution >= 4 is 5.91 Å². The molecule has 114 valence electrons. The molecule has 3 rings (SSSR count). The number of hydrogen-bond acceptors (Lipinski definition) is 4. The minimum Gasteiger partial charge on any atom is -0.376 e. The molecule has 1 atom stereocenters. The Morgan fingerprint density at radius 3 is 2.60 bits per heavy atom. The fraction of sp³-hybridized carbons (Fsp3) is 0.933. The summed E-state index contributed by atoms with van der Waals surface area (Å²) in [5.74, 6) is 0.214. The van der Waals surface area contributed by atoms with E-state index in [1.54, 1.807) is 0 Å². The lowest BCUT2D eigenvalue weighted by atomic mass is 10.0. The average Bonchev–Trinajstić information content (AvgIpc) is 3.23. The molecule has 0 spiro atoms. The first-order valence-electron chi connectivity index (χ1n) is 8.08. The minimum atomic E-state index is 0.214. The van der Waals surface area contributed by atoms with E-state index in [-0.39, 0.29) is 5.91 Å². The summed E-state index contributed by atoms with van der Waals surface area (Å²) in [6.07, 6.45) is 5.07. The maximum atomic E-state index is 11.8. The largest absolute Gasteiger partial charge is 0.376 e. The van der Waals surface area contributed by atoms with E-state index in [0.29, 0.717) is 24.7 Å². The fourth-order valence-corrected chi connectivity index (χ4v) is 3.32. The number of carbonyl (C=O) groups excluding carboxylic acids is 1. The molecule has 1 aliphatic carbocycles. The summed E-state index contributed by atoms with van der Waals surface area (Å²) in [6.45, 7) is 7.84. The molecule has 0 radical (unpaired) electrons. The lowest BCUT2D eigenvalue weighted by Gasteiger charge is -2.41. The molecule has 2 saturated heterocycles. The number of nitrogens with one attached hydrogen (secondary N) is 1. The van der Waals surface area contributed by atoms with Crippen molar-refractivity contribution in [3.63, 3.8) is 0 Å². The van der Waals surface area contributed by atoms with Gasteiger partial charge < -0.3 is 10.1 Å². The van der Waals surface area contributed by atoms with Crippen LogP contribution in [0.2, 0.25) is 0 Å². The number of likely N-dealkylation sites (tertiary alicyclic amines) is 1. The maximum Gasteiger partial charge on any atom is 0.234 e. The zero-order chi connectivity index (χ0) is 13.9. The predicted molar refractivity (Wildman–Crippen MR) is 77.6 cm³/mol. The third-order valence-electron chi connectivity index (χ3n) is 4.66. The van der Waals surface area contributed by atoms with Gasteiger partial charge >= 0.3 is 0 Å². The van der Waals surface area contributed by atoms with E-state index < -0.39 is 0 Å². The molecule has 2 aliphatic heterocycles. The molecular formula is C15H27N3O2. The van der Waals surface area contributed by atoms with Crippen LogP contribution in [0.1, 0.15) is 32.6 Å². The Morgan fingerprint density at radius 1 is 1.20 bits per heavy atom. The Bertz CT molecular complexity index is 338. The number of hydrogen-bond donors (Lipinski definition) is 1. The highest BCUT2D eigenvalue weighted by Crippen LogP contribution is 2.20. The van der Waals surface area contributed by atoms with Crippen LogP contribution in [-0.2, 0) is 9.53 Å². The molecule has 5 heteroatoms. The van der Waals surface area contributed by atoms with E-state index in [0.717, 1.165) is 32.8 Å². The van der Waals surface area contributed by atoms with Gasteiger partial charge in [-0.3, -0.25) is 14.6 Å². The van der Waals surface area contributed by atoms with Crippen LogP contribution in [0.15, 0.2) is 0 Å². The van der Waals surface area contributed by atoms with E-state index in [2.05, 4.69) is 22.0 Å². The molecule has 0 bridgehead atoms. The number of rotatable bonds is 4. The topological polar surface area (TPSA) is 44.8 Å². The quantitative estimate of drug-likeness (QED) is 0.813. The summed E-state index contributed by atoms with van der Waals surface area (Å²) in [5.41, 5.74) is 0. The van der Waals surface area contributed by atoms with Crippen LogP contribution in [0.3, 0.4) is 0 Å². The van der Waals surface area contributed by atoms with E-state index in [1.165, 1.54) is 25.7 Å². The van der Waals surface area contributed by atoms with Gasteiger partial charge in [-0.05, 0) is 32.6 Å². The molecule has 0 aromatic heterocycles. The summed E-state index contributed by atoms with van der Waals surface area (Å²) < 4.78 is 5.61. The van der Waals surface area contributed by atoms with Gasteiger partial charge in [-0.25, -0.2) is 0 Å². The molecule has 3 aliphatic rings. The standard InChI is InChI=1S/C15H27N3O2/c1-12-10-18(8-9-20-12)14-4-6-17(7-5-14)11-15(19)16-13-2-3-13/h12-14H,2-11H2,1H3,(H,16,19)/t12-/m1/s1. The molecule has 5 nitrogen and oxygen atoms in total. The molecule has 0 aromatic rings. The number of morpholine rings is 1. The van der Waals surface area contributed by atoms with Gasteiger partial charge in [-0.15, -0.1) is 0 Å². The van der Waals surface area contributed by atoms with Crippen LogP contribution >= 0.6 is 0 Å². The average molecular weight is 281 g/mol. The number of carbonyl (C=O) groups is 1. The normalized spacial score (nSPS) is 30.4. The lowest BCUT2D eigenvalue weighted by Crippen LogP contribution is -2.52. The molecular weight excluding hydrogens is 254 g/mol. The first-order chi connectivity index (χ1) is 9.70. The van der Waals surface area contributed by atoms with Crippen LogP contribution in [-0.4, -0.2) is 73.2 Å². The summed E-state index contributed by atoms with van der Waals surface area (Å²) in [4.78, 5) is 16.7. The van der Waals surface area contributed by atoms with Gasteiger partial charge in [-0.1, -0.05) is 0 Å². The Morgan fingerprint density at radius 2 is 1.95 bits per heavy atom. The Labute approximate surface area is 121 Å². The van der Waals surface area contributed by atoms with Gasteiger partial charge in [0.1, 0.15) is 0 Å². The van der Waals surface area contributed by atoms with Crippen molar-refractivity contribution < 1.29 is 9.53 Å². The number of nitrogens with zero attached hydrogens (tertiary/aromatic N) is 2. The van der Waals surface area contributed by atoms with Gasteiger partial charge in [0, 0.05) is 38.3 Å². The molecule has 1 amide bonds. The molecule has 0 unspecified atom stereocenters. The smallest absolute Gasteiger partial charge is 0.234 e. The van der Waals surface area contributed by atoms with Crippen LogP contribution in [0.25, 0.3) is 0 Å². The minimum absolute atomic E-state index is 0.214. The third-order valence-corrected chi connectivity index (χ3v) is 4.66. The van der Waals surface area contributed by atoms with Crippen molar-refractivity contribution in [2.24, 2.45) is 0 Å². The fourth-order valence-electron chi connectivity index (χ4n) is 3.32. The number of ether oxygens (including phenoxy) is 1. The second-order valence-corrected chi connectivity index (χ2v) is 6.53. The van der Waals surface area contributed by atoms with Gasteiger partial charge in [-0.2, -0.15) is 0 Å². The van der Waals surface area contributed by atoms with E-state index in [4.69, 9.17) is 4.74 Å². The Hall–Kier alpha value is -0.650. The summed E-state index contributed by atoms with van der Waals surface area (Å²) in [6, 6.07) is 1.17. The Balaban J connectivity index is 1.38. The van der Waals surface area contributed by atoms with E-state index in [1.807, 2.05) is 0 Å². The van der Waals surface area contributed by atoms with Gasteiger partial charge in [0.15, 0.2) is 0 Å². The lowest BCUT2D eigenvalue weighted by molar-refractivity contribution is -0.122. The second kappa shape index (κ2) is 6.41. The van der Waals surface area contributed by atoms with E-state index in [9.17, 15) is 4.79 Å². The molecule has 1 saturated carbocycles. The van der Waals surface area contributed by atoms with Gasteiger partial charge in [0.25, 0.3) is 0 Å². The van der Waals surface area contributed by atoms with Crippen molar-refractivity contribution in [1.82, 2.24) is 15.1 Å². The molecule has 20 heavy (non-hydrogen) atoms. The highest BCUT2D eigenvalue weighted by Gasteiger charge is 2.29. The highest BCUT2D eigenvalue weighted by atomic mass is 16.5. The van der Waals surface area contributed by atoms with Crippen molar-refractivity contribution in [3.8, 4) is 0 Å². The third kappa shape index (κ3) is 3.93. The summed E-state index contributed by atoms with van der Waals surface area (Å²) >= 11 is 0. The predicted octanol–water partition coefficient (Wildman–Crippen LogP) is 0.450. The van der Waals surface area contributed by atoms with Crippen molar-refractivity contribution in [2.45, 2.75) is 50.8 Å². The molecule has 1 N–H and O–H groups in total. The molecule has 2 heterocycles. The van der Waals surface area contributed by atoms with Crippen molar-refractivity contribution in [3.05, 3.63) is 0 Å². The van der Waals surface area contributed by atoms with Gasteiger partial charge in [0.05, 0.1) is 19.3 Å². The first-order valence-corrected chi connectivity index (χ1v) is 8.08. The first kappa shape index (κ1) is 14.3. The zero-order valence-corrected chi connectivity index (χ0v) is 12.5. The molecule has 0 aromatic carbocycles. The SMILES string of the molecule is C[C@@H]1CN(C2CCN(CC(=O)NC3CC3)CC2)CCO1. The van der Waals surface area contributed by atoms with Crippen molar-refractivity contribution in [1.29, 1.82) is 0 Å². The van der Waals surface area contributed by atoms with Crippen LogP contribution in [0, 0.1) is 0 Å². The Kier molecular flexibility index (Phi) is 4.58. The number of piperidine rings is 1. The molecule has 3 fully saturated rings. The van der Waals surface area contributed by atoms with Crippen LogP contribution in [0.5, 0.6) is 0 Å². The highest BCUT2D eigenvalue weighted by molar-refractivity contribution is 5.78.